The Morgan fingerprint density at radius 2 is 1.94 bits per heavy atom. The van der Waals surface area contributed by atoms with Crippen LogP contribution in [0.2, 0.25) is 0 Å². The third-order valence-electron chi connectivity index (χ3n) is 2.58. The van der Waals surface area contributed by atoms with Gasteiger partial charge >= 0.3 is 5.69 Å². The molecule has 1 aromatic heterocycles. The van der Waals surface area contributed by atoms with Crippen molar-refractivity contribution in [3.05, 3.63) is 45.1 Å². The fourth-order valence-corrected chi connectivity index (χ4v) is 1.96. The molecule has 0 aliphatic carbocycles. The monoisotopic (exact) mass is 236 g/mol. The smallest absolute Gasteiger partial charge is 0.296 e. The number of para-hydroxylation sites is 1. The third-order valence-corrected chi connectivity index (χ3v) is 2.78. The quantitative estimate of drug-likeness (QED) is 0.777. The second-order valence-corrected chi connectivity index (χ2v) is 3.99. The summed E-state index contributed by atoms with van der Waals surface area (Å²) >= 11 is 4.05. The van der Waals surface area contributed by atoms with E-state index in [2.05, 4.69) is 12.6 Å². The van der Waals surface area contributed by atoms with Gasteiger partial charge in [0.1, 0.15) is 0 Å². The number of thiol groups is 1. The number of aromatic nitrogens is 2. The molecule has 0 N–H and O–H groups in total. The summed E-state index contributed by atoms with van der Waals surface area (Å²) in [5, 5.41) is 0.561. The summed E-state index contributed by atoms with van der Waals surface area (Å²) in [6, 6.07) is 7.10. The molecule has 0 bridgehead atoms. The fourth-order valence-electron chi connectivity index (χ4n) is 1.76. The first-order valence-electron chi connectivity index (χ1n) is 4.96. The minimum absolute atomic E-state index is 0.243. The van der Waals surface area contributed by atoms with Gasteiger partial charge in [-0.25, -0.2) is 4.79 Å². The number of hydrogen-bond donors (Lipinski definition) is 1. The average Bonchev–Trinajstić information content (AvgIpc) is 2.32. The van der Waals surface area contributed by atoms with Gasteiger partial charge < -0.3 is 0 Å². The predicted molar refractivity (Wildman–Crippen MR) is 67.3 cm³/mol. The van der Waals surface area contributed by atoms with Gasteiger partial charge in [0.2, 0.25) is 0 Å². The van der Waals surface area contributed by atoms with Crippen molar-refractivity contribution in [1.82, 2.24) is 9.13 Å². The summed E-state index contributed by atoms with van der Waals surface area (Å²) in [5.41, 5.74) is 0.124. The van der Waals surface area contributed by atoms with Crippen LogP contribution in [0.4, 0.5) is 0 Å². The first-order chi connectivity index (χ1) is 7.66. The summed E-state index contributed by atoms with van der Waals surface area (Å²) in [5.74, 6) is 0.466. The largest absolute Gasteiger partial charge is 0.331 e. The van der Waals surface area contributed by atoms with E-state index in [-0.39, 0.29) is 11.2 Å². The molecule has 1 aromatic carbocycles. The van der Waals surface area contributed by atoms with E-state index in [4.69, 9.17) is 0 Å². The molecule has 2 rings (SSSR count). The van der Waals surface area contributed by atoms with Crippen LogP contribution < -0.4 is 11.2 Å². The van der Waals surface area contributed by atoms with Gasteiger partial charge in [-0.2, -0.15) is 12.6 Å². The van der Waals surface area contributed by atoms with Crippen LogP contribution in [0.3, 0.4) is 0 Å². The Morgan fingerprint density at radius 1 is 1.25 bits per heavy atom. The number of hydrogen-bond acceptors (Lipinski definition) is 3. The van der Waals surface area contributed by atoms with Gasteiger partial charge in [0, 0.05) is 19.3 Å². The summed E-state index contributed by atoms with van der Waals surface area (Å²) in [6.07, 6.45) is 0. The van der Waals surface area contributed by atoms with Gasteiger partial charge in [0.25, 0.3) is 5.56 Å². The van der Waals surface area contributed by atoms with Crippen molar-refractivity contribution >= 4 is 23.5 Å². The Hall–Kier alpha value is -1.49. The van der Waals surface area contributed by atoms with Crippen LogP contribution in [0.15, 0.2) is 33.9 Å². The number of fused-ring (bicyclic) bond motifs is 1. The minimum atomic E-state index is -0.294. The highest BCUT2D eigenvalue weighted by molar-refractivity contribution is 7.80. The SMILES string of the molecule is Cn1c(=O)n(CCS)c(=O)c2ccccc21. The highest BCUT2D eigenvalue weighted by Crippen LogP contribution is 2.05. The molecule has 5 heteroatoms. The zero-order valence-corrected chi connectivity index (χ0v) is 9.78. The summed E-state index contributed by atoms with van der Waals surface area (Å²) in [7, 11) is 1.67. The molecule has 0 spiro atoms. The Balaban J connectivity index is 2.95. The second kappa shape index (κ2) is 4.17. The van der Waals surface area contributed by atoms with E-state index >= 15 is 0 Å². The molecule has 0 aliphatic heterocycles. The fraction of sp³-hybridized carbons (Fsp3) is 0.273. The Kier molecular flexibility index (Phi) is 2.87. The van der Waals surface area contributed by atoms with Crippen molar-refractivity contribution in [3.63, 3.8) is 0 Å². The summed E-state index contributed by atoms with van der Waals surface area (Å²) in [6.45, 7) is 0.333. The van der Waals surface area contributed by atoms with Gasteiger partial charge in [0.05, 0.1) is 10.9 Å². The molecule has 0 aliphatic rings. The average molecular weight is 236 g/mol. The maximum absolute atomic E-state index is 12.0. The van der Waals surface area contributed by atoms with E-state index in [1.165, 1.54) is 9.13 Å². The molecule has 0 unspecified atom stereocenters. The molecular weight excluding hydrogens is 224 g/mol. The molecule has 0 radical (unpaired) electrons. The minimum Gasteiger partial charge on any atom is -0.296 e. The topological polar surface area (TPSA) is 44.0 Å². The van der Waals surface area contributed by atoms with Crippen molar-refractivity contribution in [3.8, 4) is 0 Å². The van der Waals surface area contributed by atoms with Crippen LogP contribution in [0.25, 0.3) is 10.9 Å². The van der Waals surface area contributed by atoms with E-state index in [1.54, 1.807) is 25.2 Å². The lowest BCUT2D eigenvalue weighted by atomic mass is 10.2. The lowest BCUT2D eigenvalue weighted by Gasteiger charge is -2.09. The van der Waals surface area contributed by atoms with Gasteiger partial charge in [-0.1, -0.05) is 12.1 Å². The number of nitrogens with zero attached hydrogens (tertiary/aromatic N) is 2. The standard InChI is InChI=1S/C11H12N2O2S/c1-12-9-5-3-2-4-8(9)10(14)13(6-7-16)11(12)15/h2-5,16H,6-7H2,1H3. The van der Waals surface area contributed by atoms with Crippen LogP contribution in [0.1, 0.15) is 0 Å². The second-order valence-electron chi connectivity index (χ2n) is 3.54. The van der Waals surface area contributed by atoms with Crippen LogP contribution in [-0.2, 0) is 13.6 Å². The van der Waals surface area contributed by atoms with Crippen molar-refractivity contribution < 1.29 is 0 Å². The molecule has 0 fully saturated rings. The van der Waals surface area contributed by atoms with E-state index in [0.717, 1.165) is 0 Å². The van der Waals surface area contributed by atoms with Crippen molar-refractivity contribution in [1.29, 1.82) is 0 Å². The third kappa shape index (κ3) is 1.57. The maximum atomic E-state index is 12.0. The van der Waals surface area contributed by atoms with Crippen LogP contribution >= 0.6 is 12.6 Å². The zero-order chi connectivity index (χ0) is 11.7. The Labute approximate surface area is 97.5 Å². The van der Waals surface area contributed by atoms with Crippen LogP contribution in [-0.4, -0.2) is 14.9 Å². The molecule has 16 heavy (non-hydrogen) atoms. The van der Waals surface area contributed by atoms with Crippen LogP contribution in [0.5, 0.6) is 0 Å². The lowest BCUT2D eigenvalue weighted by molar-refractivity contribution is 0.646. The van der Waals surface area contributed by atoms with E-state index in [1.807, 2.05) is 6.07 Å². The van der Waals surface area contributed by atoms with Gasteiger partial charge in [0.15, 0.2) is 0 Å². The van der Waals surface area contributed by atoms with Crippen molar-refractivity contribution in [2.75, 3.05) is 5.75 Å². The van der Waals surface area contributed by atoms with Gasteiger partial charge in [-0.05, 0) is 12.1 Å². The summed E-state index contributed by atoms with van der Waals surface area (Å²) in [4.78, 5) is 23.9. The van der Waals surface area contributed by atoms with E-state index in [9.17, 15) is 9.59 Å². The summed E-state index contributed by atoms with van der Waals surface area (Å²) < 4.78 is 2.70. The maximum Gasteiger partial charge on any atom is 0.331 e. The molecule has 0 saturated carbocycles. The van der Waals surface area contributed by atoms with Crippen LogP contribution in [0, 0.1) is 0 Å². The van der Waals surface area contributed by atoms with E-state index < -0.39 is 0 Å². The van der Waals surface area contributed by atoms with Gasteiger partial charge in [-0.3, -0.25) is 13.9 Å². The van der Waals surface area contributed by atoms with Crippen molar-refractivity contribution in [2.24, 2.45) is 7.05 Å². The van der Waals surface area contributed by atoms with E-state index in [0.29, 0.717) is 23.2 Å². The number of benzene rings is 1. The normalized spacial score (nSPS) is 10.9. The van der Waals surface area contributed by atoms with Gasteiger partial charge in [-0.15, -0.1) is 0 Å². The highest BCUT2D eigenvalue weighted by Gasteiger charge is 2.08. The van der Waals surface area contributed by atoms with Crippen molar-refractivity contribution in [2.45, 2.75) is 6.54 Å². The molecule has 0 saturated heterocycles. The number of rotatable bonds is 2. The first kappa shape index (κ1) is 11.0. The highest BCUT2D eigenvalue weighted by atomic mass is 32.1. The lowest BCUT2D eigenvalue weighted by Crippen LogP contribution is -2.39. The molecular formula is C11H12N2O2S. The zero-order valence-electron chi connectivity index (χ0n) is 8.88. The first-order valence-corrected chi connectivity index (χ1v) is 5.59. The Bertz CT molecular complexity index is 642. The predicted octanol–water partition coefficient (Wildman–Crippen LogP) is 0.630. The molecule has 0 amide bonds. The molecule has 0 atom stereocenters. The number of aryl methyl sites for hydroxylation is 1. The Morgan fingerprint density at radius 3 is 2.62 bits per heavy atom. The molecule has 4 nitrogen and oxygen atoms in total. The molecule has 2 aromatic rings. The molecule has 1 heterocycles. The molecule has 84 valence electrons.